The summed E-state index contributed by atoms with van der Waals surface area (Å²) in [5, 5.41) is 2.72. The van der Waals surface area contributed by atoms with Crippen molar-refractivity contribution in [2.75, 3.05) is 32.6 Å². The van der Waals surface area contributed by atoms with Crippen molar-refractivity contribution < 1.29 is 14.3 Å². The fourth-order valence-corrected chi connectivity index (χ4v) is 4.26. The number of rotatable bonds is 10. The highest BCUT2D eigenvalue weighted by Gasteiger charge is 2.10. The number of hydrogen-bond donors (Lipinski definition) is 1. The first-order chi connectivity index (χ1) is 18.8. The van der Waals surface area contributed by atoms with Gasteiger partial charge in [0, 0.05) is 18.3 Å². The zero-order chi connectivity index (χ0) is 27.8. The van der Waals surface area contributed by atoms with Gasteiger partial charge in [-0.25, -0.2) is 4.79 Å². The Morgan fingerprint density at radius 2 is 1.59 bits per heavy atom. The second-order valence-corrected chi connectivity index (χ2v) is 9.83. The minimum absolute atomic E-state index is 0.0426. The number of carbonyl (C=O) groups excluding carboxylic acids is 1. The number of anilines is 1. The first-order valence-electron chi connectivity index (χ1n) is 13.0. The second kappa shape index (κ2) is 12.9. The Hall–Kier alpha value is -4.36. The third kappa shape index (κ3) is 7.82. The van der Waals surface area contributed by atoms with Crippen LogP contribution in [0.25, 0.3) is 11.3 Å². The Labute approximate surface area is 229 Å². The monoisotopic (exact) mass is 525 g/mol. The molecule has 7 nitrogen and oxygen atoms in total. The number of nitrogens with one attached hydrogen (secondary N) is 1. The fourth-order valence-electron chi connectivity index (χ4n) is 4.26. The lowest BCUT2D eigenvalue weighted by Gasteiger charge is -2.15. The van der Waals surface area contributed by atoms with Crippen molar-refractivity contribution in [2.24, 2.45) is 0 Å². The van der Waals surface area contributed by atoms with Crippen LogP contribution in [0.3, 0.4) is 0 Å². The minimum atomic E-state index is -0.477. The molecule has 7 heteroatoms. The number of hydrogen-bond acceptors (Lipinski definition) is 5. The minimum Gasteiger partial charge on any atom is -0.457 e. The van der Waals surface area contributed by atoms with Crippen LogP contribution in [-0.2, 0) is 11.3 Å². The SMILES string of the molecule is Cc1ccc(Cn2c(-c3ccc(Oc4ccc(NC(=O)OCCCN(C)C)cc4)cc3)cccc2=O)c(C)c1. The average molecular weight is 526 g/mol. The molecule has 1 N–H and O–H groups in total. The van der Waals surface area contributed by atoms with E-state index >= 15 is 0 Å². The van der Waals surface area contributed by atoms with Gasteiger partial charge in [0.15, 0.2) is 0 Å². The van der Waals surface area contributed by atoms with Crippen LogP contribution < -0.4 is 15.6 Å². The van der Waals surface area contributed by atoms with Crippen LogP contribution in [0.15, 0.2) is 89.7 Å². The van der Waals surface area contributed by atoms with Gasteiger partial charge in [0.1, 0.15) is 11.5 Å². The largest absolute Gasteiger partial charge is 0.457 e. The van der Waals surface area contributed by atoms with Crippen LogP contribution in [0.2, 0.25) is 0 Å². The van der Waals surface area contributed by atoms with E-state index < -0.39 is 6.09 Å². The lowest BCUT2D eigenvalue weighted by Crippen LogP contribution is -2.21. The molecule has 0 radical (unpaired) electrons. The normalized spacial score (nSPS) is 10.9. The molecule has 4 aromatic rings. The Bertz CT molecular complexity index is 1460. The number of amides is 1. The van der Waals surface area contributed by atoms with Gasteiger partial charge < -0.3 is 18.9 Å². The molecule has 202 valence electrons. The van der Waals surface area contributed by atoms with Crippen LogP contribution in [0, 0.1) is 13.8 Å². The first kappa shape index (κ1) is 27.7. The molecule has 0 spiro atoms. The molecule has 0 aliphatic heterocycles. The number of aryl methyl sites for hydroxylation is 2. The highest BCUT2D eigenvalue weighted by atomic mass is 16.5. The van der Waals surface area contributed by atoms with Gasteiger partial charge in [-0.2, -0.15) is 0 Å². The van der Waals surface area contributed by atoms with Gasteiger partial charge in [-0.15, -0.1) is 0 Å². The van der Waals surface area contributed by atoms with Crippen LogP contribution in [0.5, 0.6) is 11.5 Å². The van der Waals surface area contributed by atoms with Gasteiger partial charge in [0.25, 0.3) is 5.56 Å². The predicted octanol–water partition coefficient (Wildman–Crippen LogP) is 6.47. The summed E-state index contributed by atoms with van der Waals surface area (Å²) >= 11 is 0. The topological polar surface area (TPSA) is 72.8 Å². The highest BCUT2D eigenvalue weighted by Crippen LogP contribution is 2.27. The van der Waals surface area contributed by atoms with E-state index in [1.54, 1.807) is 41.0 Å². The average Bonchev–Trinajstić information content (AvgIpc) is 2.91. The molecule has 0 aliphatic rings. The second-order valence-electron chi connectivity index (χ2n) is 9.83. The first-order valence-corrected chi connectivity index (χ1v) is 13.0. The number of ether oxygens (including phenoxy) is 2. The van der Waals surface area contributed by atoms with Crippen molar-refractivity contribution in [1.29, 1.82) is 0 Å². The summed E-state index contributed by atoms with van der Waals surface area (Å²) in [5.74, 6) is 1.30. The van der Waals surface area contributed by atoms with Crippen molar-refractivity contribution in [2.45, 2.75) is 26.8 Å². The molecular formula is C32H35N3O4. The molecule has 0 unspecified atom stereocenters. The summed E-state index contributed by atoms with van der Waals surface area (Å²) in [7, 11) is 3.96. The molecule has 0 saturated heterocycles. The number of nitrogens with zero attached hydrogens (tertiary/aromatic N) is 2. The predicted molar refractivity (Wildman–Crippen MR) is 156 cm³/mol. The van der Waals surface area contributed by atoms with Crippen molar-refractivity contribution in [3.8, 4) is 22.8 Å². The van der Waals surface area contributed by atoms with Crippen LogP contribution in [0.1, 0.15) is 23.1 Å². The maximum atomic E-state index is 12.8. The third-order valence-corrected chi connectivity index (χ3v) is 6.35. The van der Waals surface area contributed by atoms with E-state index in [-0.39, 0.29) is 5.56 Å². The van der Waals surface area contributed by atoms with Crippen molar-refractivity contribution in [3.63, 3.8) is 0 Å². The molecule has 1 heterocycles. The van der Waals surface area contributed by atoms with E-state index in [1.165, 1.54) is 11.1 Å². The van der Waals surface area contributed by atoms with E-state index in [0.29, 0.717) is 30.3 Å². The molecule has 0 atom stereocenters. The lowest BCUT2D eigenvalue weighted by atomic mass is 10.0. The van der Waals surface area contributed by atoms with Gasteiger partial charge in [-0.05, 0) is 106 Å². The Morgan fingerprint density at radius 1 is 0.897 bits per heavy atom. The van der Waals surface area contributed by atoms with Gasteiger partial charge in [-0.3, -0.25) is 10.1 Å². The van der Waals surface area contributed by atoms with Gasteiger partial charge >= 0.3 is 6.09 Å². The summed E-state index contributed by atoms with van der Waals surface area (Å²) in [6.45, 7) is 5.87. The molecule has 1 amide bonds. The van der Waals surface area contributed by atoms with Crippen molar-refractivity contribution in [1.82, 2.24) is 9.47 Å². The van der Waals surface area contributed by atoms with Crippen molar-refractivity contribution in [3.05, 3.63) is 112 Å². The summed E-state index contributed by atoms with van der Waals surface area (Å²) in [6, 6.07) is 26.4. The Balaban J connectivity index is 1.39. The number of aromatic nitrogens is 1. The van der Waals surface area contributed by atoms with Gasteiger partial charge in [0.05, 0.1) is 18.8 Å². The maximum absolute atomic E-state index is 12.8. The zero-order valence-corrected chi connectivity index (χ0v) is 22.9. The molecule has 1 aromatic heterocycles. The molecule has 0 aliphatic carbocycles. The van der Waals surface area contributed by atoms with E-state index in [2.05, 4.69) is 37.4 Å². The maximum Gasteiger partial charge on any atom is 0.411 e. The molecule has 0 bridgehead atoms. The Kier molecular flexibility index (Phi) is 9.18. The van der Waals surface area contributed by atoms with Gasteiger partial charge in [-0.1, -0.05) is 29.8 Å². The molecule has 39 heavy (non-hydrogen) atoms. The van der Waals surface area contributed by atoms with E-state index in [0.717, 1.165) is 29.8 Å². The molecular weight excluding hydrogens is 490 g/mol. The number of carbonyl (C=O) groups is 1. The molecule has 4 rings (SSSR count). The van der Waals surface area contributed by atoms with E-state index in [9.17, 15) is 9.59 Å². The smallest absolute Gasteiger partial charge is 0.411 e. The fraction of sp³-hybridized carbons (Fsp3) is 0.250. The summed E-state index contributed by atoms with van der Waals surface area (Å²) in [5.41, 5.74) is 5.84. The standard InChI is InChI=1S/C32H35N3O4/c1-23-9-10-26(24(2)21-23)22-35-30(7-5-8-31(35)36)25-11-15-28(16-12-25)39-29-17-13-27(14-18-29)33-32(37)38-20-6-19-34(3)4/h5,7-18,21H,6,19-20,22H2,1-4H3,(H,33,37). The molecule has 0 fully saturated rings. The van der Waals surface area contributed by atoms with E-state index in [4.69, 9.17) is 9.47 Å². The molecule has 3 aromatic carbocycles. The number of pyridine rings is 1. The van der Waals surface area contributed by atoms with Crippen LogP contribution in [0.4, 0.5) is 10.5 Å². The van der Waals surface area contributed by atoms with Gasteiger partial charge in [0.2, 0.25) is 0 Å². The number of benzene rings is 3. The van der Waals surface area contributed by atoms with Crippen molar-refractivity contribution >= 4 is 11.8 Å². The Morgan fingerprint density at radius 3 is 2.26 bits per heavy atom. The molecule has 0 saturated carbocycles. The van der Waals surface area contributed by atoms with Crippen LogP contribution in [-0.4, -0.2) is 42.8 Å². The van der Waals surface area contributed by atoms with E-state index in [1.807, 2.05) is 49.3 Å². The zero-order valence-electron chi connectivity index (χ0n) is 22.9. The summed E-state index contributed by atoms with van der Waals surface area (Å²) in [6.07, 6.45) is 0.302. The highest BCUT2D eigenvalue weighted by molar-refractivity contribution is 5.84. The summed E-state index contributed by atoms with van der Waals surface area (Å²) in [4.78, 5) is 26.8. The quantitative estimate of drug-likeness (QED) is 0.240. The third-order valence-electron chi connectivity index (χ3n) is 6.35. The van der Waals surface area contributed by atoms with Crippen LogP contribution >= 0.6 is 0 Å². The lowest BCUT2D eigenvalue weighted by molar-refractivity contribution is 0.156. The summed E-state index contributed by atoms with van der Waals surface area (Å²) < 4.78 is 13.0.